The molecule has 1 aliphatic rings. The smallest absolute Gasteiger partial charge is 0.317 e. The van der Waals surface area contributed by atoms with Gasteiger partial charge in [-0.25, -0.2) is 4.79 Å². The third-order valence-corrected chi connectivity index (χ3v) is 3.74. The van der Waals surface area contributed by atoms with Crippen molar-refractivity contribution in [2.24, 2.45) is 0 Å². The van der Waals surface area contributed by atoms with Gasteiger partial charge in [-0.3, -0.25) is 4.79 Å². The molecule has 7 heteroatoms. The van der Waals surface area contributed by atoms with Crippen molar-refractivity contribution in [2.45, 2.75) is 0 Å². The first kappa shape index (κ1) is 15.6. The van der Waals surface area contributed by atoms with Gasteiger partial charge >= 0.3 is 6.03 Å². The van der Waals surface area contributed by atoms with Crippen LogP contribution in [0.1, 0.15) is 0 Å². The molecule has 2 rings (SSSR count). The molecule has 0 bridgehead atoms. The molecule has 3 amide bonds. The minimum Gasteiger partial charge on any atom is -0.492 e. The summed E-state index contributed by atoms with van der Waals surface area (Å²) in [7, 11) is 0. The minimum atomic E-state index is -0.111. The molecule has 1 aliphatic heterocycles. The predicted molar refractivity (Wildman–Crippen MR) is 82.2 cm³/mol. The number of nitrogens with one attached hydrogen (secondary N) is 1. The van der Waals surface area contributed by atoms with Gasteiger partial charge in [-0.15, -0.1) is 0 Å². The topological polar surface area (TPSA) is 61.9 Å². The van der Waals surface area contributed by atoms with E-state index in [0.717, 1.165) is 16.6 Å². The van der Waals surface area contributed by atoms with Gasteiger partial charge in [0.2, 0.25) is 6.41 Å². The number of amides is 3. The van der Waals surface area contributed by atoms with Crippen LogP contribution in [0.4, 0.5) is 4.79 Å². The van der Waals surface area contributed by atoms with Crippen LogP contribution in [0.2, 0.25) is 0 Å². The summed E-state index contributed by atoms with van der Waals surface area (Å²) in [4.78, 5) is 25.9. The number of ether oxygens (including phenoxy) is 1. The van der Waals surface area contributed by atoms with Crippen molar-refractivity contribution >= 4 is 28.4 Å². The lowest BCUT2D eigenvalue weighted by Gasteiger charge is -2.32. The van der Waals surface area contributed by atoms with Gasteiger partial charge in [0.05, 0.1) is 6.54 Å². The first-order valence-electron chi connectivity index (χ1n) is 6.79. The van der Waals surface area contributed by atoms with Crippen LogP contribution in [0.25, 0.3) is 0 Å². The fraction of sp³-hybridized carbons (Fsp3) is 0.429. The molecule has 1 N–H and O–H groups in total. The molecule has 0 aliphatic carbocycles. The van der Waals surface area contributed by atoms with E-state index in [1.54, 1.807) is 9.80 Å². The monoisotopic (exact) mass is 355 g/mol. The van der Waals surface area contributed by atoms with Crippen LogP contribution in [-0.4, -0.2) is 61.6 Å². The highest BCUT2D eigenvalue weighted by Gasteiger charge is 2.19. The Morgan fingerprint density at radius 3 is 2.52 bits per heavy atom. The van der Waals surface area contributed by atoms with E-state index in [9.17, 15) is 9.59 Å². The lowest BCUT2D eigenvalue weighted by atomic mass is 10.3. The highest BCUT2D eigenvalue weighted by atomic mass is 79.9. The molecule has 0 saturated carbocycles. The number of carbonyl (C=O) groups excluding carboxylic acids is 2. The molecule has 1 aromatic rings. The largest absolute Gasteiger partial charge is 0.492 e. The Morgan fingerprint density at radius 1 is 1.24 bits per heavy atom. The van der Waals surface area contributed by atoms with E-state index >= 15 is 0 Å². The average Bonchev–Trinajstić information content (AvgIpc) is 2.53. The van der Waals surface area contributed by atoms with E-state index in [4.69, 9.17) is 4.74 Å². The number of benzene rings is 1. The van der Waals surface area contributed by atoms with E-state index < -0.39 is 0 Å². The SMILES string of the molecule is O=CN1CCN(C(=O)NCCOc2ccc(Br)cc2)CC1. The molecule has 1 aromatic carbocycles. The molecule has 1 heterocycles. The Labute approximate surface area is 132 Å². The van der Waals surface area contributed by atoms with Crippen LogP contribution in [0.5, 0.6) is 5.75 Å². The highest BCUT2D eigenvalue weighted by Crippen LogP contribution is 2.15. The number of hydrogen-bond acceptors (Lipinski definition) is 3. The zero-order valence-corrected chi connectivity index (χ0v) is 13.2. The fourth-order valence-electron chi connectivity index (χ4n) is 2.00. The van der Waals surface area contributed by atoms with Crippen LogP contribution in [0.15, 0.2) is 28.7 Å². The first-order chi connectivity index (χ1) is 10.2. The molecular weight excluding hydrogens is 338 g/mol. The van der Waals surface area contributed by atoms with E-state index in [2.05, 4.69) is 21.2 Å². The molecule has 21 heavy (non-hydrogen) atoms. The molecule has 1 fully saturated rings. The Balaban J connectivity index is 1.63. The molecule has 114 valence electrons. The second-order valence-corrected chi connectivity index (χ2v) is 5.58. The van der Waals surface area contributed by atoms with Gasteiger partial charge < -0.3 is 19.9 Å². The zero-order chi connectivity index (χ0) is 15.1. The number of urea groups is 1. The number of hydrogen-bond donors (Lipinski definition) is 1. The van der Waals surface area contributed by atoms with Crippen LogP contribution in [0.3, 0.4) is 0 Å². The van der Waals surface area contributed by atoms with E-state index in [1.807, 2.05) is 24.3 Å². The lowest BCUT2D eigenvalue weighted by molar-refractivity contribution is -0.119. The van der Waals surface area contributed by atoms with E-state index in [1.165, 1.54) is 0 Å². The van der Waals surface area contributed by atoms with Gasteiger partial charge in [0.1, 0.15) is 12.4 Å². The van der Waals surface area contributed by atoms with E-state index in [0.29, 0.717) is 39.3 Å². The standard InChI is InChI=1S/C14H18BrN3O3/c15-12-1-3-13(4-2-12)21-10-5-16-14(20)18-8-6-17(11-19)7-9-18/h1-4,11H,5-10H2,(H,16,20). The molecule has 0 radical (unpaired) electrons. The fourth-order valence-corrected chi connectivity index (χ4v) is 2.26. The van der Waals surface area contributed by atoms with Crippen LogP contribution >= 0.6 is 15.9 Å². The van der Waals surface area contributed by atoms with Gasteiger partial charge in [-0.1, -0.05) is 15.9 Å². The summed E-state index contributed by atoms with van der Waals surface area (Å²) in [6.45, 7) is 3.18. The maximum Gasteiger partial charge on any atom is 0.317 e. The second kappa shape index (κ2) is 7.87. The third kappa shape index (κ3) is 4.93. The van der Waals surface area contributed by atoms with Crippen LogP contribution in [0, 0.1) is 0 Å². The molecular formula is C14H18BrN3O3. The Bertz CT molecular complexity index is 473. The number of halogens is 1. The molecule has 0 unspecified atom stereocenters. The van der Waals surface area contributed by atoms with Crippen molar-refractivity contribution in [1.29, 1.82) is 0 Å². The normalized spacial score (nSPS) is 14.7. The van der Waals surface area contributed by atoms with Crippen molar-refractivity contribution in [3.8, 4) is 5.75 Å². The third-order valence-electron chi connectivity index (χ3n) is 3.21. The lowest BCUT2D eigenvalue weighted by Crippen LogP contribution is -2.51. The van der Waals surface area contributed by atoms with Crippen molar-refractivity contribution in [3.63, 3.8) is 0 Å². The van der Waals surface area contributed by atoms with Crippen LogP contribution in [-0.2, 0) is 4.79 Å². The Hall–Kier alpha value is -1.76. The molecule has 0 atom stereocenters. The number of piperazine rings is 1. The van der Waals surface area contributed by atoms with Crippen molar-refractivity contribution in [3.05, 3.63) is 28.7 Å². The molecule has 1 saturated heterocycles. The van der Waals surface area contributed by atoms with Gasteiger partial charge in [0.15, 0.2) is 0 Å². The number of carbonyl (C=O) groups is 2. The Kier molecular flexibility index (Phi) is 5.86. The van der Waals surface area contributed by atoms with Gasteiger partial charge in [-0.05, 0) is 24.3 Å². The quantitative estimate of drug-likeness (QED) is 0.639. The maximum absolute atomic E-state index is 11.9. The summed E-state index contributed by atoms with van der Waals surface area (Å²) in [5.41, 5.74) is 0. The average molecular weight is 356 g/mol. The van der Waals surface area contributed by atoms with Gasteiger partial charge in [0.25, 0.3) is 0 Å². The number of rotatable bonds is 5. The maximum atomic E-state index is 11.9. The first-order valence-corrected chi connectivity index (χ1v) is 7.59. The van der Waals surface area contributed by atoms with Gasteiger partial charge in [-0.2, -0.15) is 0 Å². The molecule has 0 aromatic heterocycles. The summed E-state index contributed by atoms with van der Waals surface area (Å²) in [5, 5.41) is 2.81. The predicted octanol–water partition coefficient (Wildman–Crippen LogP) is 1.31. The number of nitrogens with zero attached hydrogens (tertiary/aromatic N) is 2. The van der Waals surface area contributed by atoms with Crippen molar-refractivity contribution in [2.75, 3.05) is 39.3 Å². The minimum absolute atomic E-state index is 0.111. The van der Waals surface area contributed by atoms with E-state index in [-0.39, 0.29) is 6.03 Å². The van der Waals surface area contributed by atoms with Crippen molar-refractivity contribution in [1.82, 2.24) is 15.1 Å². The Morgan fingerprint density at radius 2 is 1.90 bits per heavy atom. The summed E-state index contributed by atoms with van der Waals surface area (Å²) in [6.07, 6.45) is 0.821. The van der Waals surface area contributed by atoms with Gasteiger partial charge in [0, 0.05) is 30.7 Å². The molecule has 6 nitrogen and oxygen atoms in total. The summed E-state index contributed by atoms with van der Waals surface area (Å²) in [5.74, 6) is 0.770. The summed E-state index contributed by atoms with van der Waals surface area (Å²) in [6, 6.07) is 7.43. The zero-order valence-electron chi connectivity index (χ0n) is 11.6. The second-order valence-electron chi connectivity index (χ2n) is 4.66. The van der Waals surface area contributed by atoms with Crippen molar-refractivity contribution < 1.29 is 14.3 Å². The van der Waals surface area contributed by atoms with Crippen LogP contribution < -0.4 is 10.1 Å². The summed E-state index contributed by atoms with van der Waals surface area (Å²) < 4.78 is 6.52. The highest BCUT2D eigenvalue weighted by molar-refractivity contribution is 9.10. The molecule has 0 spiro atoms. The summed E-state index contributed by atoms with van der Waals surface area (Å²) >= 11 is 3.36.